The van der Waals surface area contributed by atoms with Gasteiger partial charge in [-0.3, -0.25) is 20.1 Å². The topological polar surface area (TPSA) is 120 Å². The SMILES string of the molecule is C[C@H]1[C@@H](N2CCN(CCF)CC2)CCN1c1ncc2c3c(c(-c4ncc(F)c5sc(NC(=O)OC(C)(C)C)c(C#N)c45)c(F)c2n1)COC3. The number of carbonyl (C=O) groups excluding carboxylic acids is 1. The zero-order valence-electron chi connectivity index (χ0n) is 27.8. The van der Waals surface area contributed by atoms with Crippen molar-refractivity contribution < 1.29 is 27.4 Å². The number of fused-ring (bicyclic) bond motifs is 4. The second-order valence-electron chi connectivity index (χ2n) is 13.6. The van der Waals surface area contributed by atoms with Crippen LogP contribution >= 0.6 is 11.3 Å². The Morgan fingerprint density at radius 3 is 2.61 bits per heavy atom. The first-order chi connectivity index (χ1) is 23.5. The van der Waals surface area contributed by atoms with E-state index in [4.69, 9.17) is 14.5 Å². The van der Waals surface area contributed by atoms with Gasteiger partial charge in [-0.15, -0.1) is 11.3 Å². The fraction of sp³-hybridized carbons (Fsp3) is 0.500. The molecular weight excluding hydrogens is 657 g/mol. The van der Waals surface area contributed by atoms with E-state index in [-0.39, 0.29) is 69.4 Å². The van der Waals surface area contributed by atoms with Gasteiger partial charge in [0.25, 0.3) is 0 Å². The van der Waals surface area contributed by atoms with E-state index in [1.807, 2.05) is 0 Å². The molecule has 1 N–H and O–H groups in total. The molecule has 3 aromatic heterocycles. The fourth-order valence-electron chi connectivity index (χ4n) is 7.27. The molecule has 3 aliphatic rings. The van der Waals surface area contributed by atoms with Crippen molar-refractivity contribution in [3.05, 3.63) is 40.7 Å². The van der Waals surface area contributed by atoms with E-state index in [2.05, 4.69) is 43.0 Å². The summed E-state index contributed by atoms with van der Waals surface area (Å²) in [7, 11) is 0. The number of hydrogen-bond donors (Lipinski definition) is 1. The average Bonchev–Trinajstić information content (AvgIpc) is 3.79. The van der Waals surface area contributed by atoms with Crippen LogP contribution < -0.4 is 10.2 Å². The summed E-state index contributed by atoms with van der Waals surface area (Å²) in [6.07, 6.45) is 2.71. The minimum Gasteiger partial charge on any atom is -0.444 e. The summed E-state index contributed by atoms with van der Waals surface area (Å²) >= 11 is 0.856. The molecule has 0 aliphatic carbocycles. The first-order valence-electron chi connectivity index (χ1n) is 16.4. The highest BCUT2D eigenvalue weighted by molar-refractivity contribution is 7.23. The minimum atomic E-state index is -0.807. The van der Waals surface area contributed by atoms with E-state index in [0.29, 0.717) is 35.6 Å². The number of hydrogen-bond acceptors (Lipinski definition) is 11. The molecule has 0 spiro atoms. The summed E-state index contributed by atoms with van der Waals surface area (Å²) in [4.78, 5) is 33.1. The number of alkyl halides is 1. The summed E-state index contributed by atoms with van der Waals surface area (Å²) < 4.78 is 56.3. The highest BCUT2D eigenvalue weighted by atomic mass is 32.1. The third-order valence-electron chi connectivity index (χ3n) is 9.57. The molecule has 2 atom stereocenters. The van der Waals surface area contributed by atoms with E-state index in [9.17, 15) is 14.4 Å². The van der Waals surface area contributed by atoms with Crippen LogP contribution in [0, 0.1) is 23.0 Å². The van der Waals surface area contributed by atoms with Gasteiger partial charge in [-0.2, -0.15) is 5.26 Å². The lowest BCUT2D eigenvalue weighted by Gasteiger charge is -2.39. The molecule has 3 aliphatic heterocycles. The van der Waals surface area contributed by atoms with Gasteiger partial charge in [0, 0.05) is 73.9 Å². The number of aromatic nitrogens is 3. The molecule has 2 saturated heterocycles. The molecule has 0 saturated carbocycles. The number of nitrogens with zero attached hydrogens (tertiary/aromatic N) is 7. The molecule has 258 valence electrons. The second-order valence-corrected chi connectivity index (χ2v) is 14.7. The number of halogens is 3. The smallest absolute Gasteiger partial charge is 0.412 e. The van der Waals surface area contributed by atoms with Crippen molar-refractivity contribution in [2.24, 2.45) is 0 Å². The number of piperazine rings is 1. The molecule has 0 bridgehead atoms. The van der Waals surface area contributed by atoms with Gasteiger partial charge < -0.3 is 14.4 Å². The number of amides is 1. The number of nitrogens with one attached hydrogen (secondary N) is 1. The Morgan fingerprint density at radius 2 is 1.90 bits per heavy atom. The van der Waals surface area contributed by atoms with Gasteiger partial charge in [0.15, 0.2) is 11.6 Å². The first-order valence-corrected chi connectivity index (χ1v) is 17.2. The lowest BCUT2D eigenvalue weighted by Crippen LogP contribution is -2.53. The molecule has 1 aromatic carbocycles. The number of ether oxygens (including phenoxy) is 2. The Bertz CT molecular complexity index is 1990. The van der Waals surface area contributed by atoms with Crippen molar-refractivity contribution in [2.75, 3.05) is 56.2 Å². The molecule has 7 rings (SSSR count). The van der Waals surface area contributed by atoms with Gasteiger partial charge in [0.1, 0.15) is 28.9 Å². The number of nitriles is 1. The number of rotatable bonds is 6. The van der Waals surface area contributed by atoms with Crippen LogP contribution in [0.15, 0.2) is 12.4 Å². The third-order valence-corrected chi connectivity index (χ3v) is 10.7. The van der Waals surface area contributed by atoms with Crippen molar-refractivity contribution in [3.8, 4) is 17.3 Å². The van der Waals surface area contributed by atoms with Crippen LogP contribution in [0.2, 0.25) is 0 Å². The molecule has 6 heterocycles. The van der Waals surface area contributed by atoms with Gasteiger partial charge in [-0.05, 0) is 45.2 Å². The van der Waals surface area contributed by atoms with E-state index in [1.165, 1.54) is 0 Å². The average molecular weight is 695 g/mol. The van der Waals surface area contributed by atoms with Gasteiger partial charge in [0.05, 0.1) is 35.4 Å². The van der Waals surface area contributed by atoms with Crippen molar-refractivity contribution in [2.45, 2.75) is 65.0 Å². The Hall–Kier alpha value is -4.10. The van der Waals surface area contributed by atoms with Crippen LogP contribution in [-0.4, -0.2) is 94.5 Å². The summed E-state index contributed by atoms with van der Waals surface area (Å²) in [6, 6.07) is 2.38. The molecular formula is C34H37F3N8O3S. The number of pyridine rings is 1. The van der Waals surface area contributed by atoms with E-state index in [1.54, 1.807) is 27.0 Å². The van der Waals surface area contributed by atoms with Crippen molar-refractivity contribution >= 4 is 49.4 Å². The van der Waals surface area contributed by atoms with Crippen LogP contribution in [0.3, 0.4) is 0 Å². The molecule has 4 aromatic rings. The van der Waals surface area contributed by atoms with Crippen LogP contribution in [-0.2, 0) is 22.7 Å². The fourth-order valence-corrected chi connectivity index (χ4v) is 8.31. The molecule has 2 fully saturated rings. The highest BCUT2D eigenvalue weighted by Crippen LogP contribution is 2.46. The van der Waals surface area contributed by atoms with Crippen LogP contribution in [0.4, 0.5) is 28.9 Å². The molecule has 49 heavy (non-hydrogen) atoms. The second kappa shape index (κ2) is 13.0. The van der Waals surface area contributed by atoms with Crippen LogP contribution in [0.25, 0.3) is 32.2 Å². The maximum absolute atomic E-state index is 17.0. The molecule has 0 radical (unpaired) electrons. The van der Waals surface area contributed by atoms with Gasteiger partial charge in [-0.1, -0.05) is 0 Å². The third kappa shape index (κ3) is 6.05. The van der Waals surface area contributed by atoms with Gasteiger partial charge >= 0.3 is 6.09 Å². The minimum absolute atomic E-state index is 0.0469. The van der Waals surface area contributed by atoms with Crippen molar-refractivity contribution in [1.29, 1.82) is 5.26 Å². The maximum atomic E-state index is 17.0. The van der Waals surface area contributed by atoms with Crippen LogP contribution in [0.5, 0.6) is 0 Å². The van der Waals surface area contributed by atoms with E-state index < -0.39 is 23.3 Å². The standard InChI is InChI=1S/C34H37F3N8O3S/c1-18-24(44-11-9-43(8-6-35)10-12-44)5-7-45(18)32-40-14-20-21-16-47-17-22(21)25(27(37)28(20)41-32)29-26-19(13-38)31(42-33(46)48-34(2,3)4)49-30(26)23(36)15-39-29/h14-15,18,24H,5-12,16-17H2,1-4H3,(H,42,46)/t18-,24-/m0/s1. The summed E-state index contributed by atoms with van der Waals surface area (Å²) in [5, 5.41) is 13.5. The van der Waals surface area contributed by atoms with E-state index in [0.717, 1.165) is 50.1 Å². The number of benzene rings is 1. The summed E-state index contributed by atoms with van der Waals surface area (Å²) in [6.45, 7) is 11.7. The number of carbonyl (C=O) groups is 1. The first kappa shape index (κ1) is 33.4. The number of anilines is 2. The summed E-state index contributed by atoms with van der Waals surface area (Å²) in [5.74, 6) is -0.985. The predicted octanol–water partition coefficient (Wildman–Crippen LogP) is 5.99. The van der Waals surface area contributed by atoms with Crippen molar-refractivity contribution in [3.63, 3.8) is 0 Å². The monoisotopic (exact) mass is 694 g/mol. The van der Waals surface area contributed by atoms with Crippen molar-refractivity contribution in [1.82, 2.24) is 24.8 Å². The lowest BCUT2D eigenvalue weighted by atomic mass is 9.94. The Labute approximate surface area is 285 Å². The molecule has 11 nitrogen and oxygen atoms in total. The van der Waals surface area contributed by atoms with Gasteiger partial charge in [-0.25, -0.2) is 27.9 Å². The Morgan fingerprint density at radius 1 is 1.14 bits per heavy atom. The predicted molar refractivity (Wildman–Crippen MR) is 180 cm³/mol. The maximum Gasteiger partial charge on any atom is 0.412 e. The largest absolute Gasteiger partial charge is 0.444 e. The van der Waals surface area contributed by atoms with E-state index >= 15 is 8.78 Å². The quantitative estimate of drug-likeness (QED) is 0.258. The zero-order chi connectivity index (χ0) is 34.6. The Kier molecular flexibility index (Phi) is 8.85. The van der Waals surface area contributed by atoms with Crippen LogP contribution in [0.1, 0.15) is 50.8 Å². The molecule has 0 unspecified atom stereocenters. The molecule has 15 heteroatoms. The van der Waals surface area contributed by atoms with Gasteiger partial charge in [0.2, 0.25) is 5.95 Å². The normalized spacial score (nSPS) is 20.2. The number of thiophene rings is 1. The highest BCUT2D eigenvalue weighted by Gasteiger charge is 2.38. The molecule has 1 amide bonds. The zero-order valence-corrected chi connectivity index (χ0v) is 28.6. The summed E-state index contributed by atoms with van der Waals surface area (Å²) in [5.41, 5.74) is 0.596. The Balaban J connectivity index is 1.28. The lowest BCUT2D eigenvalue weighted by molar-refractivity contribution is 0.0636.